The van der Waals surface area contributed by atoms with Gasteiger partial charge in [0.2, 0.25) is 5.95 Å². The van der Waals surface area contributed by atoms with Gasteiger partial charge in [-0.1, -0.05) is 18.2 Å². The number of nitrogens with zero attached hydrogens (tertiary/aromatic N) is 6. The molecule has 0 amide bonds. The first kappa shape index (κ1) is 16.8. The predicted octanol–water partition coefficient (Wildman–Crippen LogP) is 2.62. The van der Waals surface area contributed by atoms with E-state index in [1.807, 2.05) is 63.9 Å². The van der Waals surface area contributed by atoms with Crippen LogP contribution in [0.4, 0.5) is 17.6 Å². The molecule has 2 N–H and O–H groups in total. The Balaban J connectivity index is 1.49. The molecule has 0 spiro atoms. The van der Waals surface area contributed by atoms with Gasteiger partial charge in [-0.25, -0.2) is 9.50 Å². The largest absolute Gasteiger partial charge is 0.394 e. The van der Waals surface area contributed by atoms with E-state index in [0.29, 0.717) is 17.6 Å². The maximum atomic E-state index is 9.65. The summed E-state index contributed by atoms with van der Waals surface area (Å²) in [6, 6.07) is 14.0. The van der Waals surface area contributed by atoms with Crippen LogP contribution in [-0.4, -0.2) is 48.4 Å². The maximum Gasteiger partial charge on any atom is 0.245 e. The predicted molar refractivity (Wildman–Crippen MR) is 107 cm³/mol. The number of fused-ring (bicyclic) bond motifs is 1. The summed E-state index contributed by atoms with van der Waals surface area (Å²) in [4.78, 5) is 11.3. The van der Waals surface area contributed by atoms with Crippen LogP contribution in [0.1, 0.15) is 12.8 Å². The van der Waals surface area contributed by atoms with Crippen LogP contribution in [0, 0.1) is 0 Å². The van der Waals surface area contributed by atoms with E-state index in [1.165, 1.54) is 0 Å². The van der Waals surface area contributed by atoms with Gasteiger partial charge >= 0.3 is 0 Å². The monoisotopic (exact) mass is 375 g/mol. The van der Waals surface area contributed by atoms with Crippen LogP contribution in [0.2, 0.25) is 0 Å². The zero-order valence-electron chi connectivity index (χ0n) is 15.3. The van der Waals surface area contributed by atoms with Gasteiger partial charge in [0.15, 0.2) is 5.82 Å². The lowest BCUT2D eigenvalue weighted by Crippen LogP contribution is -2.34. The van der Waals surface area contributed by atoms with Gasteiger partial charge in [0.25, 0.3) is 0 Å². The van der Waals surface area contributed by atoms with Crippen LogP contribution in [-0.2, 0) is 0 Å². The topological polar surface area (TPSA) is 83.5 Å². The molecule has 142 valence electrons. The SMILES string of the molecule is OC[C@@H]1CCCN1c1nc(Nc2cn(-c3ccccc3)cn2)c2cccn2n1. The van der Waals surface area contributed by atoms with Gasteiger partial charge in [-0.3, -0.25) is 0 Å². The Morgan fingerprint density at radius 3 is 2.89 bits per heavy atom. The quantitative estimate of drug-likeness (QED) is 0.558. The number of hydrogen-bond acceptors (Lipinski definition) is 6. The van der Waals surface area contributed by atoms with Gasteiger partial charge in [-0.05, 0) is 37.1 Å². The molecule has 8 nitrogen and oxygen atoms in total. The second kappa shape index (κ2) is 6.97. The van der Waals surface area contributed by atoms with E-state index >= 15 is 0 Å². The summed E-state index contributed by atoms with van der Waals surface area (Å²) in [6.07, 6.45) is 7.59. The third kappa shape index (κ3) is 2.97. The number of aliphatic hydroxyl groups excluding tert-OH is 1. The fourth-order valence-corrected chi connectivity index (χ4v) is 3.68. The minimum atomic E-state index is 0.0677. The van der Waals surface area contributed by atoms with E-state index < -0.39 is 0 Å². The smallest absolute Gasteiger partial charge is 0.245 e. The van der Waals surface area contributed by atoms with Crippen LogP contribution in [0.5, 0.6) is 0 Å². The van der Waals surface area contributed by atoms with Crippen molar-refractivity contribution in [2.75, 3.05) is 23.4 Å². The van der Waals surface area contributed by atoms with Gasteiger partial charge in [-0.15, -0.1) is 5.10 Å². The van der Waals surface area contributed by atoms with Crippen molar-refractivity contribution in [3.63, 3.8) is 0 Å². The molecule has 0 saturated carbocycles. The highest BCUT2D eigenvalue weighted by atomic mass is 16.3. The number of imidazole rings is 1. The molecule has 1 atom stereocenters. The van der Waals surface area contributed by atoms with E-state index in [0.717, 1.165) is 30.6 Å². The molecular weight excluding hydrogens is 354 g/mol. The van der Waals surface area contributed by atoms with Crippen molar-refractivity contribution in [2.24, 2.45) is 0 Å². The highest BCUT2D eigenvalue weighted by Gasteiger charge is 2.27. The third-order valence-corrected chi connectivity index (χ3v) is 5.11. The lowest BCUT2D eigenvalue weighted by Gasteiger charge is -2.23. The Morgan fingerprint density at radius 2 is 2.04 bits per heavy atom. The Hall–Kier alpha value is -3.39. The molecule has 0 unspecified atom stereocenters. The average Bonchev–Trinajstić information content (AvgIpc) is 3.48. The number of para-hydroxylation sites is 1. The van der Waals surface area contributed by atoms with Gasteiger partial charge < -0.3 is 19.9 Å². The molecule has 0 radical (unpaired) electrons. The fourth-order valence-electron chi connectivity index (χ4n) is 3.68. The van der Waals surface area contributed by atoms with Crippen LogP contribution in [0.25, 0.3) is 11.2 Å². The zero-order chi connectivity index (χ0) is 18.9. The lowest BCUT2D eigenvalue weighted by atomic mass is 10.2. The van der Waals surface area contributed by atoms with Crippen molar-refractivity contribution in [1.82, 2.24) is 24.1 Å². The number of benzene rings is 1. The van der Waals surface area contributed by atoms with E-state index in [4.69, 9.17) is 4.98 Å². The molecule has 1 fully saturated rings. The summed E-state index contributed by atoms with van der Waals surface area (Å²) in [5, 5.41) is 17.6. The summed E-state index contributed by atoms with van der Waals surface area (Å²) in [5.41, 5.74) is 1.92. The Kier molecular flexibility index (Phi) is 4.17. The molecule has 1 aliphatic heterocycles. The van der Waals surface area contributed by atoms with Gasteiger partial charge in [0, 0.05) is 18.4 Å². The first-order valence-corrected chi connectivity index (χ1v) is 9.41. The Labute approximate surface area is 162 Å². The van der Waals surface area contributed by atoms with E-state index in [2.05, 4.69) is 20.3 Å². The molecule has 0 bridgehead atoms. The summed E-state index contributed by atoms with van der Waals surface area (Å²) >= 11 is 0. The number of aliphatic hydroxyl groups is 1. The fraction of sp³-hybridized carbons (Fsp3) is 0.250. The number of rotatable bonds is 5. The molecule has 5 rings (SSSR count). The van der Waals surface area contributed by atoms with Crippen molar-refractivity contribution >= 4 is 23.1 Å². The maximum absolute atomic E-state index is 9.65. The second-order valence-corrected chi connectivity index (χ2v) is 6.90. The molecule has 0 aliphatic carbocycles. The van der Waals surface area contributed by atoms with Gasteiger partial charge in [-0.2, -0.15) is 4.98 Å². The van der Waals surface area contributed by atoms with Crippen molar-refractivity contribution in [2.45, 2.75) is 18.9 Å². The molecule has 4 aromatic rings. The zero-order valence-corrected chi connectivity index (χ0v) is 15.3. The minimum absolute atomic E-state index is 0.0677. The highest BCUT2D eigenvalue weighted by Crippen LogP contribution is 2.26. The van der Waals surface area contributed by atoms with Crippen molar-refractivity contribution in [1.29, 1.82) is 0 Å². The summed E-state index contributed by atoms with van der Waals surface area (Å²) < 4.78 is 3.77. The summed E-state index contributed by atoms with van der Waals surface area (Å²) in [7, 11) is 0. The van der Waals surface area contributed by atoms with E-state index in [9.17, 15) is 5.11 Å². The van der Waals surface area contributed by atoms with Crippen LogP contribution in [0.3, 0.4) is 0 Å². The molecule has 3 aromatic heterocycles. The number of hydrogen-bond donors (Lipinski definition) is 2. The van der Waals surface area contributed by atoms with Crippen LogP contribution >= 0.6 is 0 Å². The lowest BCUT2D eigenvalue weighted by molar-refractivity contribution is 0.265. The van der Waals surface area contributed by atoms with Crippen LogP contribution in [0.15, 0.2) is 61.2 Å². The van der Waals surface area contributed by atoms with E-state index in [1.54, 1.807) is 6.33 Å². The van der Waals surface area contributed by atoms with Crippen molar-refractivity contribution < 1.29 is 5.11 Å². The number of aromatic nitrogens is 5. The first-order chi connectivity index (χ1) is 13.8. The van der Waals surface area contributed by atoms with Gasteiger partial charge in [0.05, 0.1) is 18.8 Å². The second-order valence-electron chi connectivity index (χ2n) is 6.90. The number of anilines is 3. The number of nitrogens with one attached hydrogen (secondary N) is 1. The van der Waals surface area contributed by atoms with Gasteiger partial charge in [0.1, 0.15) is 17.7 Å². The Morgan fingerprint density at radius 1 is 1.14 bits per heavy atom. The molecule has 28 heavy (non-hydrogen) atoms. The van der Waals surface area contributed by atoms with Crippen molar-refractivity contribution in [3.8, 4) is 5.69 Å². The highest BCUT2D eigenvalue weighted by molar-refractivity contribution is 5.73. The average molecular weight is 375 g/mol. The molecular formula is C20H21N7O. The van der Waals surface area contributed by atoms with Crippen molar-refractivity contribution in [3.05, 3.63) is 61.2 Å². The molecule has 4 heterocycles. The normalized spacial score (nSPS) is 16.8. The standard InChI is InChI=1S/C20H21N7O/c28-13-16-8-4-10-26(16)20-23-19(17-9-5-11-27(17)24-20)22-18-12-25(14-21-18)15-6-2-1-3-7-15/h1-3,5-7,9,11-12,14,16,28H,4,8,10,13H2,(H,22,23,24)/t16-/m0/s1. The molecule has 8 heteroatoms. The molecule has 1 saturated heterocycles. The van der Waals surface area contributed by atoms with E-state index in [-0.39, 0.29) is 12.6 Å². The van der Waals surface area contributed by atoms with Crippen LogP contribution < -0.4 is 10.2 Å². The summed E-state index contributed by atoms with van der Waals surface area (Å²) in [5.74, 6) is 2.01. The third-order valence-electron chi connectivity index (χ3n) is 5.11. The molecule has 1 aromatic carbocycles. The Bertz CT molecular complexity index is 1090. The first-order valence-electron chi connectivity index (χ1n) is 9.41. The molecule has 1 aliphatic rings. The summed E-state index contributed by atoms with van der Waals surface area (Å²) in [6.45, 7) is 0.956. The minimum Gasteiger partial charge on any atom is -0.394 e.